The Balaban J connectivity index is 1.84. The Kier molecular flexibility index (Phi) is 10.4. The maximum Gasteiger partial charge on any atom is 0.410 e. The molecule has 2 aromatic rings. The average molecular weight is 541 g/mol. The first-order valence-electron chi connectivity index (χ1n) is 12.2. The summed E-state index contributed by atoms with van der Waals surface area (Å²) in [4.78, 5) is 50.3. The van der Waals surface area contributed by atoms with E-state index in [0.29, 0.717) is 5.75 Å². The molecule has 208 valence electrons. The lowest BCUT2D eigenvalue weighted by Crippen LogP contribution is -2.40. The summed E-state index contributed by atoms with van der Waals surface area (Å²) in [5.74, 6) is -1.35. The topological polar surface area (TPSA) is 129 Å². The van der Waals surface area contributed by atoms with Crippen molar-refractivity contribution < 1.29 is 42.9 Å². The number of rotatable bonds is 12. The summed E-state index contributed by atoms with van der Waals surface area (Å²) in [6, 6.07) is 15.8. The van der Waals surface area contributed by atoms with Crippen molar-refractivity contribution in [1.82, 2.24) is 10.2 Å². The first-order valence-corrected chi connectivity index (χ1v) is 12.2. The molecule has 1 aliphatic rings. The second-order valence-electron chi connectivity index (χ2n) is 8.71. The Hall–Kier alpha value is -4.38. The summed E-state index contributed by atoms with van der Waals surface area (Å²) in [6.45, 7) is 2.87. The maximum absolute atomic E-state index is 12.8. The largest absolute Gasteiger partial charge is 0.497 e. The van der Waals surface area contributed by atoms with Crippen LogP contribution in [-0.2, 0) is 46.5 Å². The van der Waals surface area contributed by atoms with Crippen molar-refractivity contribution in [2.24, 2.45) is 0 Å². The van der Waals surface area contributed by atoms with Gasteiger partial charge in [-0.1, -0.05) is 42.5 Å². The van der Waals surface area contributed by atoms with E-state index in [1.807, 2.05) is 42.5 Å². The van der Waals surface area contributed by atoms with Gasteiger partial charge in [-0.3, -0.25) is 14.5 Å². The zero-order valence-corrected chi connectivity index (χ0v) is 22.2. The number of nitrogens with one attached hydrogen (secondary N) is 1. The summed E-state index contributed by atoms with van der Waals surface area (Å²) >= 11 is 0. The molecule has 39 heavy (non-hydrogen) atoms. The highest BCUT2D eigenvalue weighted by Crippen LogP contribution is 2.30. The first-order chi connectivity index (χ1) is 18.7. The van der Waals surface area contributed by atoms with Crippen LogP contribution in [0.25, 0.3) is 0 Å². The maximum atomic E-state index is 12.8. The third kappa shape index (κ3) is 8.85. The molecule has 1 heterocycles. The quantitative estimate of drug-likeness (QED) is 0.187. The standard InChI is InChI=1S/C28H32N2O9/c1-18(31)29-23(27(33)36-4)14-25(39-19(2)32)26(37-16-21-10-12-22(35-3)13-11-21)24-15-30(24)28(34)38-17-20-8-6-5-7-9-20/h5-14,24-26H,15-17H2,1-4H3,(H,29,31)/b23-14-/t24-,25+,26+,30?/m0/s1. The van der Waals surface area contributed by atoms with Gasteiger partial charge in [-0.25, -0.2) is 9.59 Å². The number of benzene rings is 2. The number of carbonyl (C=O) groups excluding carboxylic acids is 4. The molecule has 1 N–H and O–H groups in total. The van der Waals surface area contributed by atoms with Crippen LogP contribution in [0.2, 0.25) is 0 Å². The number of carbonyl (C=O) groups is 4. The van der Waals surface area contributed by atoms with E-state index in [1.165, 1.54) is 24.8 Å². The van der Waals surface area contributed by atoms with E-state index >= 15 is 0 Å². The Bertz CT molecular complexity index is 1180. The van der Waals surface area contributed by atoms with E-state index in [2.05, 4.69) is 5.32 Å². The SMILES string of the molecule is COC(=O)/C(=C/[C@@H](OC(C)=O)[C@H](OCc1ccc(OC)cc1)[C@@H]1CN1C(=O)OCc1ccccc1)NC(C)=O. The van der Waals surface area contributed by atoms with Gasteiger partial charge >= 0.3 is 18.0 Å². The molecule has 11 heteroatoms. The fourth-order valence-electron chi connectivity index (χ4n) is 3.80. The van der Waals surface area contributed by atoms with E-state index in [4.69, 9.17) is 23.7 Å². The van der Waals surface area contributed by atoms with E-state index in [1.54, 1.807) is 19.2 Å². The van der Waals surface area contributed by atoms with Crippen LogP contribution in [0.15, 0.2) is 66.4 Å². The van der Waals surface area contributed by atoms with Crippen LogP contribution < -0.4 is 10.1 Å². The van der Waals surface area contributed by atoms with Gasteiger partial charge in [-0.15, -0.1) is 0 Å². The second kappa shape index (κ2) is 14.0. The molecule has 3 atom stereocenters. The molecule has 0 spiro atoms. The van der Waals surface area contributed by atoms with Crippen LogP contribution in [0.3, 0.4) is 0 Å². The Morgan fingerprint density at radius 2 is 1.64 bits per heavy atom. The summed E-state index contributed by atoms with van der Waals surface area (Å²) in [5.41, 5.74) is 1.39. The smallest absolute Gasteiger partial charge is 0.410 e. The van der Waals surface area contributed by atoms with Crippen LogP contribution in [-0.4, -0.2) is 67.9 Å². The van der Waals surface area contributed by atoms with Gasteiger partial charge in [0.05, 0.1) is 26.9 Å². The van der Waals surface area contributed by atoms with Crippen LogP contribution >= 0.6 is 0 Å². The van der Waals surface area contributed by atoms with Crippen molar-refractivity contribution in [3.63, 3.8) is 0 Å². The normalized spacial score (nSPS) is 15.9. The molecule has 0 aromatic heterocycles. The molecule has 0 unspecified atom stereocenters. The summed E-state index contributed by atoms with van der Waals surface area (Å²) < 4.78 is 27.1. The first kappa shape index (κ1) is 29.2. The third-order valence-corrected chi connectivity index (χ3v) is 5.74. The van der Waals surface area contributed by atoms with Crippen molar-refractivity contribution >= 4 is 23.9 Å². The Labute approximate surface area is 226 Å². The highest BCUT2D eigenvalue weighted by molar-refractivity contribution is 5.93. The fraction of sp³-hybridized carbons (Fsp3) is 0.357. The monoisotopic (exact) mass is 540 g/mol. The molecule has 0 saturated carbocycles. The Morgan fingerprint density at radius 1 is 0.974 bits per heavy atom. The summed E-state index contributed by atoms with van der Waals surface area (Å²) in [6.07, 6.45) is -1.38. The van der Waals surface area contributed by atoms with Gasteiger partial charge in [-0.2, -0.15) is 0 Å². The lowest BCUT2D eigenvalue weighted by atomic mass is 10.1. The van der Waals surface area contributed by atoms with Crippen LogP contribution in [0.5, 0.6) is 5.75 Å². The molecule has 2 aromatic carbocycles. The molecule has 0 aliphatic carbocycles. The van der Waals surface area contributed by atoms with E-state index < -0.39 is 42.2 Å². The van der Waals surface area contributed by atoms with E-state index in [9.17, 15) is 19.2 Å². The lowest BCUT2D eigenvalue weighted by molar-refractivity contribution is -0.152. The van der Waals surface area contributed by atoms with Gasteiger partial charge in [0, 0.05) is 20.4 Å². The minimum atomic E-state index is -1.15. The molecular formula is C28H32N2O9. The van der Waals surface area contributed by atoms with Crippen LogP contribution in [0, 0.1) is 0 Å². The molecule has 11 nitrogen and oxygen atoms in total. The molecule has 1 aliphatic heterocycles. The lowest BCUT2D eigenvalue weighted by Gasteiger charge is -2.25. The number of hydrogen-bond acceptors (Lipinski definition) is 9. The predicted molar refractivity (Wildman–Crippen MR) is 138 cm³/mol. The zero-order chi connectivity index (χ0) is 28.4. The molecule has 1 saturated heterocycles. The molecule has 1 fully saturated rings. The van der Waals surface area contributed by atoms with Gasteiger partial charge in [-0.05, 0) is 29.3 Å². The zero-order valence-electron chi connectivity index (χ0n) is 22.2. The van der Waals surface area contributed by atoms with Crippen molar-refractivity contribution in [3.8, 4) is 5.75 Å². The number of hydrogen-bond donors (Lipinski definition) is 1. The van der Waals surface area contributed by atoms with Gasteiger partial charge in [0.1, 0.15) is 24.2 Å². The molecule has 3 rings (SSSR count). The molecular weight excluding hydrogens is 508 g/mol. The number of amides is 2. The molecule has 2 amide bonds. The van der Waals surface area contributed by atoms with Crippen molar-refractivity contribution in [2.75, 3.05) is 20.8 Å². The van der Waals surface area contributed by atoms with Gasteiger partial charge in [0.15, 0.2) is 6.10 Å². The summed E-state index contributed by atoms with van der Waals surface area (Å²) in [7, 11) is 2.71. The van der Waals surface area contributed by atoms with Crippen LogP contribution in [0.4, 0.5) is 4.79 Å². The van der Waals surface area contributed by atoms with Gasteiger partial charge in [0.2, 0.25) is 5.91 Å². The minimum Gasteiger partial charge on any atom is -0.497 e. The predicted octanol–water partition coefficient (Wildman–Crippen LogP) is 2.73. The number of nitrogens with zero attached hydrogens (tertiary/aromatic N) is 1. The Morgan fingerprint density at radius 3 is 2.23 bits per heavy atom. The van der Waals surface area contributed by atoms with Gasteiger partial charge < -0.3 is 29.0 Å². The second-order valence-corrected chi connectivity index (χ2v) is 8.71. The number of methoxy groups -OCH3 is 2. The van der Waals surface area contributed by atoms with Gasteiger partial charge in [0.25, 0.3) is 0 Å². The van der Waals surface area contributed by atoms with Crippen molar-refractivity contribution in [3.05, 3.63) is 77.5 Å². The minimum absolute atomic E-state index is 0.0859. The third-order valence-electron chi connectivity index (χ3n) is 5.74. The highest BCUT2D eigenvalue weighted by Gasteiger charge is 2.49. The van der Waals surface area contributed by atoms with Crippen molar-refractivity contribution in [2.45, 2.75) is 45.3 Å². The van der Waals surface area contributed by atoms with Crippen LogP contribution in [0.1, 0.15) is 25.0 Å². The number of ether oxygens (including phenoxy) is 5. The average Bonchev–Trinajstić information content (AvgIpc) is 3.72. The molecule has 0 radical (unpaired) electrons. The van der Waals surface area contributed by atoms with Crippen molar-refractivity contribution in [1.29, 1.82) is 0 Å². The van der Waals surface area contributed by atoms with E-state index in [0.717, 1.165) is 18.2 Å². The fourth-order valence-corrected chi connectivity index (χ4v) is 3.80. The summed E-state index contributed by atoms with van der Waals surface area (Å²) in [5, 5.41) is 2.39. The number of esters is 2. The highest BCUT2D eigenvalue weighted by atomic mass is 16.6. The molecule has 0 bridgehead atoms. The van der Waals surface area contributed by atoms with E-state index in [-0.39, 0.29) is 25.5 Å².